The summed E-state index contributed by atoms with van der Waals surface area (Å²) in [4.78, 5) is 4.67. The summed E-state index contributed by atoms with van der Waals surface area (Å²) in [6.07, 6.45) is 6.90. The van der Waals surface area contributed by atoms with E-state index in [-0.39, 0.29) is 24.0 Å². The van der Waals surface area contributed by atoms with E-state index in [0.29, 0.717) is 16.4 Å². The molecule has 5 nitrogen and oxygen atoms in total. The quantitative estimate of drug-likeness (QED) is 0.375. The van der Waals surface area contributed by atoms with Crippen molar-refractivity contribution in [1.82, 2.24) is 10.6 Å². The summed E-state index contributed by atoms with van der Waals surface area (Å²) in [6.45, 7) is 5.44. The molecule has 0 amide bonds. The van der Waals surface area contributed by atoms with E-state index in [1.54, 1.807) is 19.2 Å². The van der Waals surface area contributed by atoms with Crippen LogP contribution in [-0.2, 0) is 16.3 Å². The van der Waals surface area contributed by atoms with Crippen LogP contribution in [0, 0.1) is 5.41 Å². The van der Waals surface area contributed by atoms with E-state index >= 15 is 0 Å². The number of hydrogen-bond donors (Lipinski definition) is 2. The molecule has 0 radical (unpaired) electrons. The summed E-state index contributed by atoms with van der Waals surface area (Å²) in [7, 11) is -1.33. The molecule has 0 atom stereocenters. The van der Waals surface area contributed by atoms with E-state index in [4.69, 9.17) is 0 Å². The van der Waals surface area contributed by atoms with Crippen LogP contribution in [0.1, 0.15) is 45.1 Å². The molecule has 0 aliphatic heterocycles. The number of guanidine groups is 1. The summed E-state index contributed by atoms with van der Waals surface area (Å²) >= 11 is 0. The highest BCUT2D eigenvalue weighted by molar-refractivity contribution is 14.0. The third kappa shape index (κ3) is 7.42. The Morgan fingerprint density at radius 1 is 1.19 bits per heavy atom. The summed E-state index contributed by atoms with van der Waals surface area (Å²) < 4.78 is 23.0. The van der Waals surface area contributed by atoms with Crippen molar-refractivity contribution in [2.75, 3.05) is 19.8 Å². The molecule has 1 saturated carbocycles. The average Bonchev–Trinajstić information content (AvgIpc) is 2.55. The molecule has 0 aromatic heterocycles. The van der Waals surface area contributed by atoms with Gasteiger partial charge in [-0.25, -0.2) is 8.42 Å². The van der Waals surface area contributed by atoms with Gasteiger partial charge in [-0.3, -0.25) is 4.99 Å². The second-order valence-corrected chi connectivity index (χ2v) is 9.76. The molecule has 1 fully saturated rings. The molecular formula is C19H32IN3O2S. The van der Waals surface area contributed by atoms with Crippen LogP contribution in [0.15, 0.2) is 34.2 Å². The van der Waals surface area contributed by atoms with Crippen LogP contribution in [-0.4, -0.2) is 40.3 Å². The Hall–Kier alpha value is -0.830. The fourth-order valence-electron chi connectivity index (χ4n) is 3.16. The Kier molecular flexibility index (Phi) is 8.85. The van der Waals surface area contributed by atoms with Crippen molar-refractivity contribution in [2.45, 2.75) is 56.9 Å². The van der Waals surface area contributed by atoms with Gasteiger partial charge in [0.15, 0.2) is 15.8 Å². The van der Waals surface area contributed by atoms with Crippen molar-refractivity contribution in [3.63, 3.8) is 0 Å². The number of rotatable bonds is 5. The van der Waals surface area contributed by atoms with Crippen LogP contribution in [0.2, 0.25) is 0 Å². The Labute approximate surface area is 175 Å². The van der Waals surface area contributed by atoms with Crippen LogP contribution < -0.4 is 10.6 Å². The van der Waals surface area contributed by atoms with Gasteiger partial charge in [0.25, 0.3) is 0 Å². The van der Waals surface area contributed by atoms with E-state index < -0.39 is 9.84 Å². The van der Waals surface area contributed by atoms with Crippen molar-refractivity contribution in [3.05, 3.63) is 29.8 Å². The van der Waals surface area contributed by atoms with Crippen molar-refractivity contribution in [3.8, 4) is 0 Å². The third-order valence-electron chi connectivity index (χ3n) is 4.96. The number of aliphatic imine (C=N–C) groups is 1. The van der Waals surface area contributed by atoms with Gasteiger partial charge in [0.2, 0.25) is 0 Å². The second kappa shape index (κ2) is 9.92. The first-order valence-corrected chi connectivity index (χ1v) is 10.8. The summed E-state index contributed by atoms with van der Waals surface area (Å²) in [6, 6.07) is 7.58. The minimum atomic E-state index is -3.13. The SMILES string of the molecule is CN=C(NCCc1ccc(S(C)(=O)=O)cc1)NC1CCC(C)(C)CC1.I. The normalized spacial score (nSPS) is 18.1. The molecule has 0 spiro atoms. The molecule has 2 N–H and O–H groups in total. The van der Waals surface area contributed by atoms with Gasteiger partial charge >= 0.3 is 0 Å². The van der Waals surface area contributed by atoms with E-state index in [2.05, 4.69) is 29.5 Å². The molecule has 0 heterocycles. The number of nitrogens with one attached hydrogen (secondary N) is 2. The van der Waals surface area contributed by atoms with Gasteiger partial charge < -0.3 is 10.6 Å². The van der Waals surface area contributed by atoms with Gasteiger partial charge in [0, 0.05) is 25.9 Å². The molecule has 7 heteroatoms. The van der Waals surface area contributed by atoms with Gasteiger partial charge in [-0.05, 0) is 55.2 Å². The van der Waals surface area contributed by atoms with Crippen LogP contribution in [0.25, 0.3) is 0 Å². The highest BCUT2D eigenvalue weighted by Crippen LogP contribution is 2.34. The van der Waals surface area contributed by atoms with Gasteiger partial charge in [-0.15, -0.1) is 24.0 Å². The highest BCUT2D eigenvalue weighted by Gasteiger charge is 2.27. The Bertz CT molecular complexity index is 690. The lowest BCUT2D eigenvalue weighted by molar-refractivity contribution is 0.216. The maximum atomic E-state index is 11.5. The van der Waals surface area contributed by atoms with E-state index in [1.807, 2.05) is 12.1 Å². The first-order valence-electron chi connectivity index (χ1n) is 8.96. The van der Waals surface area contributed by atoms with Crippen LogP contribution in [0.5, 0.6) is 0 Å². The molecule has 2 rings (SSSR count). The fraction of sp³-hybridized carbons (Fsp3) is 0.632. The maximum Gasteiger partial charge on any atom is 0.191 e. The van der Waals surface area contributed by atoms with Crippen LogP contribution >= 0.6 is 24.0 Å². The minimum Gasteiger partial charge on any atom is -0.356 e. The van der Waals surface area contributed by atoms with Gasteiger partial charge in [0.05, 0.1) is 4.90 Å². The zero-order valence-corrected chi connectivity index (χ0v) is 19.4. The smallest absolute Gasteiger partial charge is 0.191 e. The predicted molar refractivity (Wildman–Crippen MR) is 119 cm³/mol. The fourth-order valence-corrected chi connectivity index (χ4v) is 3.79. The van der Waals surface area contributed by atoms with Gasteiger partial charge in [0.1, 0.15) is 0 Å². The molecule has 0 bridgehead atoms. The molecule has 1 aromatic rings. The van der Waals surface area contributed by atoms with Crippen molar-refractivity contribution >= 4 is 39.8 Å². The topological polar surface area (TPSA) is 70.6 Å². The zero-order chi connectivity index (χ0) is 18.5. The number of halogens is 1. The molecular weight excluding hydrogens is 461 g/mol. The second-order valence-electron chi connectivity index (χ2n) is 7.75. The Balaban J connectivity index is 0.00000338. The highest BCUT2D eigenvalue weighted by atomic mass is 127. The largest absolute Gasteiger partial charge is 0.356 e. The molecule has 26 heavy (non-hydrogen) atoms. The molecule has 1 aromatic carbocycles. The standard InChI is InChI=1S/C19H31N3O2S.HI/c1-19(2)12-9-16(10-13-19)22-18(20-3)21-14-11-15-5-7-17(8-6-15)25(4,23)24;/h5-8,16H,9-14H2,1-4H3,(H2,20,21,22);1H. The molecule has 1 aliphatic rings. The first kappa shape index (κ1) is 23.2. The van der Waals surface area contributed by atoms with E-state index in [9.17, 15) is 8.42 Å². The van der Waals surface area contributed by atoms with Crippen molar-refractivity contribution in [2.24, 2.45) is 10.4 Å². The lowest BCUT2D eigenvalue weighted by atomic mass is 9.75. The third-order valence-corrected chi connectivity index (χ3v) is 6.09. The Morgan fingerprint density at radius 3 is 2.27 bits per heavy atom. The lowest BCUT2D eigenvalue weighted by Gasteiger charge is -2.35. The number of benzene rings is 1. The zero-order valence-electron chi connectivity index (χ0n) is 16.2. The van der Waals surface area contributed by atoms with Crippen LogP contribution in [0.3, 0.4) is 0 Å². The minimum absolute atomic E-state index is 0. The predicted octanol–water partition coefficient (Wildman–Crippen LogP) is 3.38. The van der Waals surface area contributed by atoms with Crippen LogP contribution in [0.4, 0.5) is 0 Å². The number of sulfone groups is 1. The monoisotopic (exact) mass is 493 g/mol. The summed E-state index contributed by atoms with van der Waals surface area (Å²) in [5.74, 6) is 0.845. The van der Waals surface area contributed by atoms with E-state index in [1.165, 1.54) is 31.9 Å². The summed E-state index contributed by atoms with van der Waals surface area (Å²) in [5.41, 5.74) is 1.57. The number of hydrogen-bond acceptors (Lipinski definition) is 3. The Morgan fingerprint density at radius 2 is 1.77 bits per heavy atom. The average molecular weight is 493 g/mol. The van der Waals surface area contributed by atoms with Crippen molar-refractivity contribution in [1.29, 1.82) is 0 Å². The molecule has 1 aliphatic carbocycles. The maximum absolute atomic E-state index is 11.5. The molecule has 148 valence electrons. The first-order chi connectivity index (χ1) is 11.7. The lowest BCUT2D eigenvalue weighted by Crippen LogP contribution is -2.46. The van der Waals surface area contributed by atoms with Gasteiger partial charge in [-0.2, -0.15) is 0 Å². The van der Waals surface area contributed by atoms with E-state index in [0.717, 1.165) is 24.5 Å². The molecule has 0 unspecified atom stereocenters. The summed E-state index contributed by atoms with van der Waals surface area (Å²) in [5, 5.41) is 6.87. The van der Waals surface area contributed by atoms with Crippen molar-refractivity contribution < 1.29 is 8.42 Å². The van der Waals surface area contributed by atoms with Gasteiger partial charge in [-0.1, -0.05) is 26.0 Å². The molecule has 0 saturated heterocycles. The number of nitrogens with zero attached hydrogens (tertiary/aromatic N) is 1.